The predicted molar refractivity (Wildman–Crippen MR) is 117 cm³/mol. The van der Waals surface area contributed by atoms with Crippen molar-refractivity contribution in [1.82, 2.24) is 14.9 Å². The van der Waals surface area contributed by atoms with Gasteiger partial charge in [0.2, 0.25) is 5.91 Å². The van der Waals surface area contributed by atoms with Crippen LogP contribution in [0.25, 0.3) is 10.2 Å². The second-order valence-corrected chi connectivity index (χ2v) is 9.79. The summed E-state index contributed by atoms with van der Waals surface area (Å²) in [6.45, 7) is 15.2. The number of fused-ring (bicyclic) bond motifs is 1. The number of carbonyl (C=O) groups excluding carboxylic acids is 1. The summed E-state index contributed by atoms with van der Waals surface area (Å²) in [7, 11) is 0. The number of aryl methyl sites for hydroxylation is 2. The van der Waals surface area contributed by atoms with Crippen LogP contribution in [0, 0.1) is 13.8 Å². The first-order chi connectivity index (χ1) is 14.0. The van der Waals surface area contributed by atoms with Gasteiger partial charge in [0.25, 0.3) is 0 Å². The minimum Gasteiger partial charge on any atom is -0.358 e. The Morgan fingerprint density at radius 3 is 2.48 bits per heavy atom. The van der Waals surface area contributed by atoms with Gasteiger partial charge in [-0.2, -0.15) is 0 Å². The van der Waals surface area contributed by atoms with Crippen LogP contribution in [-0.2, 0) is 4.79 Å². The molecule has 29 heavy (non-hydrogen) atoms. The maximum absolute atomic E-state index is 13.0. The molecular weight excluding hydrogens is 384 g/mol. The number of thiophene rings is 1. The quantitative estimate of drug-likeness (QED) is 0.593. The third-order valence-corrected chi connectivity index (χ3v) is 7.73. The molecule has 0 unspecified atom stereocenters. The van der Waals surface area contributed by atoms with Crippen molar-refractivity contribution in [3.63, 3.8) is 0 Å². The van der Waals surface area contributed by atoms with Crippen molar-refractivity contribution in [2.45, 2.75) is 39.7 Å². The molecule has 2 aliphatic rings. The molecule has 2 saturated heterocycles. The Kier molecular flexibility index (Phi) is 6.32. The van der Waals surface area contributed by atoms with E-state index in [-0.39, 0.29) is 11.9 Å². The van der Waals surface area contributed by atoms with Crippen molar-refractivity contribution in [2.24, 2.45) is 0 Å². The second kappa shape index (κ2) is 8.93. The summed E-state index contributed by atoms with van der Waals surface area (Å²) in [5.74, 6) is 0.945. The van der Waals surface area contributed by atoms with Crippen molar-refractivity contribution in [3.8, 4) is 0 Å². The van der Waals surface area contributed by atoms with Crippen molar-refractivity contribution >= 4 is 33.3 Å². The third kappa shape index (κ3) is 4.54. The maximum atomic E-state index is 13.0. The number of rotatable bonds is 6. The zero-order chi connectivity index (χ0) is 20.4. The first-order valence-electron chi connectivity index (χ1n) is 11.0. The summed E-state index contributed by atoms with van der Waals surface area (Å²) < 4.78 is 0. The molecule has 2 aromatic heterocycles. The van der Waals surface area contributed by atoms with Gasteiger partial charge in [0.05, 0.1) is 44.7 Å². The molecule has 1 atom stereocenters. The van der Waals surface area contributed by atoms with Gasteiger partial charge in [-0.05, 0) is 26.3 Å². The van der Waals surface area contributed by atoms with E-state index >= 15 is 0 Å². The van der Waals surface area contributed by atoms with Gasteiger partial charge in [0.15, 0.2) is 0 Å². The van der Waals surface area contributed by atoms with Crippen LogP contribution in [0.5, 0.6) is 0 Å². The number of hydrogen-bond acceptors (Lipinski definition) is 5. The smallest absolute Gasteiger partial charge is 0.245 e. The first-order valence-corrected chi connectivity index (χ1v) is 11.8. The van der Waals surface area contributed by atoms with Crippen molar-refractivity contribution in [1.29, 1.82) is 0 Å². The van der Waals surface area contributed by atoms with E-state index in [9.17, 15) is 4.79 Å². The van der Waals surface area contributed by atoms with Gasteiger partial charge in [0.1, 0.15) is 36.1 Å². The molecule has 0 aromatic carbocycles. The molecule has 0 aliphatic carbocycles. The second-order valence-electron chi connectivity index (χ2n) is 8.58. The number of anilines is 1. The highest BCUT2D eigenvalue weighted by molar-refractivity contribution is 7.18. The first kappa shape index (κ1) is 20.5. The van der Waals surface area contributed by atoms with E-state index in [2.05, 4.69) is 29.1 Å². The van der Waals surface area contributed by atoms with Crippen LogP contribution in [0.1, 0.15) is 30.2 Å². The van der Waals surface area contributed by atoms with Crippen LogP contribution in [0.2, 0.25) is 0 Å². The van der Waals surface area contributed by atoms with E-state index in [0.29, 0.717) is 0 Å². The van der Waals surface area contributed by atoms with Crippen LogP contribution in [0.4, 0.5) is 5.82 Å². The summed E-state index contributed by atoms with van der Waals surface area (Å²) >= 11 is 1.68. The van der Waals surface area contributed by atoms with Gasteiger partial charge >= 0.3 is 0 Å². The molecular formula is C21H34N6OS+2. The van der Waals surface area contributed by atoms with Crippen LogP contribution < -0.4 is 15.1 Å². The average molecular weight is 419 g/mol. The minimum atomic E-state index is -0.289. The van der Waals surface area contributed by atoms with Gasteiger partial charge in [-0.25, -0.2) is 9.97 Å². The molecule has 2 aromatic rings. The van der Waals surface area contributed by atoms with E-state index in [1.54, 1.807) is 27.5 Å². The maximum Gasteiger partial charge on any atom is 0.245 e. The lowest BCUT2D eigenvalue weighted by molar-refractivity contribution is -0.954. The van der Waals surface area contributed by atoms with Gasteiger partial charge in [-0.3, -0.25) is 4.79 Å². The third-order valence-electron chi connectivity index (χ3n) is 6.61. The number of carbonyl (C=O) groups is 1. The SMILES string of the molecule is Cc1sc2ncnc(N[C@H](C)C(=O)N3CC[NH+](CC[NH+]4CCCC4)CC3)c2c1C. The molecule has 0 saturated carbocycles. The van der Waals surface area contributed by atoms with Crippen LogP contribution in [0.15, 0.2) is 6.33 Å². The lowest BCUT2D eigenvalue weighted by atomic mass is 10.2. The van der Waals surface area contributed by atoms with Crippen LogP contribution >= 0.6 is 11.3 Å². The minimum absolute atomic E-state index is 0.172. The van der Waals surface area contributed by atoms with Crippen LogP contribution in [0.3, 0.4) is 0 Å². The molecule has 1 amide bonds. The number of amides is 1. The molecule has 158 valence electrons. The molecule has 2 aliphatic heterocycles. The van der Waals surface area contributed by atoms with E-state index in [0.717, 1.165) is 42.2 Å². The number of nitrogens with one attached hydrogen (secondary N) is 3. The number of nitrogens with zero attached hydrogens (tertiary/aromatic N) is 3. The van der Waals surface area contributed by atoms with E-state index in [1.165, 1.54) is 49.5 Å². The number of quaternary nitrogens is 2. The Hall–Kier alpha value is -1.77. The number of likely N-dealkylation sites (tertiary alicyclic amines) is 1. The number of piperazine rings is 1. The van der Waals surface area contributed by atoms with Gasteiger partial charge in [-0.1, -0.05) is 0 Å². The highest BCUT2D eigenvalue weighted by Gasteiger charge is 2.28. The largest absolute Gasteiger partial charge is 0.358 e. The molecule has 4 heterocycles. The zero-order valence-electron chi connectivity index (χ0n) is 17.9. The molecule has 0 spiro atoms. The Balaban J connectivity index is 1.31. The summed E-state index contributed by atoms with van der Waals surface area (Å²) in [5, 5.41) is 4.41. The fraction of sp³-hybridized carbons (Fsp3) is 0.667. The summed E-state index contributed by atoms with van der Waals surface area (Å²) in [4.78, 5) is 29.5. The standard InChI is InChI=1S/C21H32N6OS/c1-15-17(3)29-20-18(15)19(22-14-23-20)24-16(2)21(28)27-12-10-26(11-13-27)9-8-25-6-4-5-7-25/h14,16H,4-13H2,1-3H3,(H,22,23,24)/p+2/t16-/m1/s1. The Morgan fingerprint density at radius 1 is 1.14 bits per heavy atom. The van der Waals surface area contributed by atoms with Gasteiger partial charge in [-0.15, -0.1) is 11.3 Å². The molecule has 0 radical (unpaired) electrons. The highest BCUT2D eigenvalue weighted by Crippen LogP contribution is 2.32. The van der Waals surface area contributed by atoms with Crippen molar-refractivity contribution < 1.29 is 14.6 Å². The molecule has 7 nitrogen and oxygen atoms in total. The van der Waals surface area contributed by atoms with Crippen LogP contribution in [-0.4, -0.2) is 79.2 Å². The fourth-order valence-electron chi connectivity index (χ4n) is 4.60. The normalized spacial score (nSPS) is 19.8. The van der Waals surface area contributed by atoms with E-state index in [1.807, 2.05) is 11.8 Å². The highest BCUT2D eigenvalue weighted by atomic mass is 32.1. The Bertz CT molecular complexity index is 854. The lowest BCUT2D eigenvalue weighted by Gasteiger charge is -2.34. The molecule has 2 fully saturated rings. The average Bonchev–Trinajstić information content (AvgIpc) is 3.35. The van der Waals surface area contributed by atoms with Crippen molar-refractivity contribution in [2.75, 3.05) is 57.7 Å². The number of hydrogen-bond donors (Lipinski definition) is 3. The lowest BCUT2D eigenvalue weighted by Crippen LogP contribution is -3.21. The Morgan fingerprint density at radius 2 is 1.79 bits per heavy atom. The molecule has 0 bridgehead atoms. The van der Waals surface area contributed by atoms with E-state index in [4.69, 9.17) is 0 Å². The monoisotopic (exact) mass is 418 g/mol. The van der Waals surface area contributed by atoms with Crippen molar-refractivity contribution in [3.05, 3.63) is 16.8 Å². The number of aromatic nitrogens is 2. The fourth-order valence-corrected chi connectivity index (χ4v) is 5.60. The topological polar surface area (TPSA) is 67.0 Å². The molecule has 8 heteroatoms. The van der Waals surface area contributed by atoms with Gasteiger partial charge < -0.3 is 20.0 Å². The molecule has 3 N–H and O–H groups in total. The summed E-state index contributed by atoms with van der Waals surface area (Å²) in [6, 6.07) is -0.289. The van der Waals surface area contributed by atoms with Gasteiger partial charge in [0, 0.05) is 17.7 Å². The molecule has 4 rings (SSSR count). The summed E-state index contributed by atoms with van der Waals surface area (Å²) in [5.41, 5.74) is 1.20. The Labute approximate surface area is 177 Å². The van der Waals surface area contributed by atoms with E-state index < -0.39 is 0 Å². The summed E-state index contributed by atoms with van der Waals surface area (Å²) in [6.07, 6.45) is 4.36. The zero-order valence-corrected chi connectivity index (χ0v) is 18.7. The predicted octanol–water partition coefficient (Wildman–Crippen LogP) is -0.486.